The van der Waals surface area contributed by atoms with Crippen LogP contribution in [0.4, 0.5) is 0 Å². The smallest absolute Gasteiger partial charge is 0.356 e. The number of ether oxygens (including phenoxy) is 1. The van der Waals surface area contributed by atoms with Crippen LogP contribution in [-0.4, -0.2) is 55.0 Å². The average Bonchev–Trinajstić information content (AvgIpc) is 2.54. The van der Waals surface area contributed by atoms with Crippen molar-refractivity contribution in [2.75, 3.05) is 20.2 Å². The SMILES string of the molecule is COC(=O)c1ccc(S(=O)(=O)N2CCCC(C(=O)O)C2)cn1. The maximum atomic E-state index is 12.5. The second kappa shape index (κ2) is 6.41. The number of carbonyl (C=O) groups is 2. The molecule has 0 aliphatic carbocycles. The van der Waals surface area contributed by atoms with Gasteiger partial charge in [-0.3, -0.25) is 4.79 Å². The van der Waals surface area contributed by atoms with E-state index < -0.39 is 27.9 Å². The molecule has 1 saturated heterocycles. The molecule has 0 radical (unpaired) electrons. The Morgan fingerprint density at radius 2 is 2.14 bits per heavy atom. The van der Waals surface area contributed by atoms with E-state index in [9.17, 15) is 18.0 Å². The first-order valence-electron chi connectivity index (χ1n) is 6.63. The van der Waals surface area contributed by atoms with Gasteiger partial charge >= 0.3 is 11.9 Å². The van der Waals surface area contributed by atoms with Crippen LogP contribution in [0.25, 0.3) is 0 Å². The molecule has 0 aromatic carbocycles. The first-order valence-corrected chi connectivity index (χ1v) is 8.07. The molecule has 1 N–H and O–H groups in total. The molecule has 1 unspecified atom stereocenters. The van der Waals surface area contributed by atoms with Gasteiger partial charge in [0.05, 0.1) is 13.0 Å². The molecule has 1 aromatic heterocycles. The molecular weight excluding hydrogens is 312 g/mol. The number of carboxylic acid groups (broad SMARTS) is 1. The highest BCUT2D eigenvalue weighted by Gasteiger charge is 2.33. The molecule has 0 amide bonds. The number of rotatable bonds is 4. The second-order valence-corrected chi connectivity index (χ2v) is 6.85. The van der Waals surface area contributed by atoms with Crippen LogP contribution < -0.4 is 0 Å². The molecule has 0 spiro atoms. The minimum Gasteiger partial charge on any atom is -0.481 e. The van der Waals surface area contributed by atoms with Gasteiger partial charge in [0, 0.05) is 19.3 Å². The third-order valence-corrected chi connectivity index (χ3v) is 5.35. The predicted molar refractivity (Wildman–Crippen MR) is 74.7 cm³/mol. The van der Waals surface area contributed by atoms with Gasteiger partial charge in [-0.2, -0.15) is 4.31 Å². The van der Waals surface area contributed by atoms with Gasteiger partial charge in [0.15, 0.2) is 0 Å². The molecule has 2 heterocycles. The Labute approximate surface area is 127 Å². The van der Waals surface area contributed by atoms with Gasteiger partial charge in [-0.25, -0.2) is 18.2 Å². The van der Waals surface area contributed by atoms with Crippen molar-refractivity contribution in [3.05, 3.63) is 24.0 Å². The number of piperidine rings is 1. The number of nitrogens with zero attached hydrogens (tertiary/aromatic N) is 2. The van der Waals surface area contributed by atoms with Crippen LogP contribution in [0.1, 0.15) is 23.3 Å². The van der Waals surface area contributed by atoms with E-state index in [0.717, 1.165) is 10.5 Å². The number of aliphatic carboxylic acids is 1. The summed E-state index contributed by atoms with van der Waals surface area (Å²) in [6, 6.07) is 2.52. The Bertz CT molecular complexity index is 670. The van der Waals surface area contributed by atoms with Gasteiger partial charge in [0.1, 0.15) is 10.6 Å². The van der Waals surface area contributed by atoms with Crippen molar-refractivity contribution in [2.45, 2.75) is 17.7 Å². The zero-order valence-electron chi connectivity index (χ0n) is 11.9. The van der Waals surface area contributed by atoms with Crippen LogP contribution >= 0.6 is 0 Å². The maximum Gasteiger partial charge on any atom is 0.356 e. The standard InChI is InChI=1S/C13H16N2O6S/c1-21-13(18)11-5-4-10(7-14-11)22(19,20)15-6-2-3-9(8-15)12(16)17/h4-5,7,9H,2-3,6,8H2,1H3,(H,16,17). The molecule has 2 rings (SSSR count). The summed E-state index contributed by atoms with van der Waals surface area (Å²) >= 11 is 0. The lowest BCUT2D eigenvalue weighted by Crippen LogP contribution is -2.42. The van der Waals surface area contributed by atoms with E-state index in [2.05, 4.69) is 9.72 Å². The van der Waals surface area contributed by atoms with Crippen molar-refractivity contribution in [3.63, 3.8) is 0 Å². The van der Waals surface area contributed by atoms with Crippen molar-refractivity contribution in [1.29, 1.82) is 0 Å². The summed E-state index contributed by atoms with van der Waals surface area (Å²) < 4.78 is 30.6. The molecule has 1 atom stereocenters. The Morgan fingerprint density at radius 1 is 1.41 bits per heavy atom. The molecule has 1 fully saturated rings. The van der Waals surface area contributed by atoms with Gasteiger partial charge < -0.3 is 9.84 Å². The summed E-state index contributed by atoms with van der Waals surface area (Å²) in [6.45, 7) is 0.210. The van der Waals surface area contributed by atoms with E-state index in [1.54, 1.807) is 0 Å². The molecule has 0 saturated carbocycles. The molecule has 0 bridgehead atoms. The quantitative estimate of drug-likeness (QED) is 0.793. The summed E-state index contributed by atoms with van der Waals surface area (Å²) in [5.74, 6) is -2.36. The lowest BCUT2D eigenvalue weighted by molar-refractivity contribution is -0.142. The topological polar surface area (TPSA) is 114 Å². The summed E-state index contributed by atoms with van der Waals surface area (Å²) in [5, 5.41) is 9.03. The Balaban J connectivity index is 2.22. The summed E-state index contributed by atoms with van der Waals surface area (Å²) in [5.41, 5.74) is 0.00325. The minimum absolute atomic E-state index is 0.00325. The number of methoxy groups -OCH3 is 1. The fraction of sp³-hybridized carbons (Fsp3) is 0.462. The number of sulfonamides is 1. The van der Waals surface area contributed by atoms with Crippen LogP contribution in [0.5, 0.6) is 0 Å². The van der Waals surface area contributed by atoms with E-state index in [-0.39, 0.29) is 23.7 Å². The molecule has 9 heteroatoms. The van der Waals surface area contributed by atoms with Crippen LogP contribution in [-0.2, 0) is 19.6 Å². The molecule has 8 nitrogen and oxygen atoms in total. The highest BCUT2D eigenvalue weighted by atomic mass is 32.2. The van der Waals surface area contributed by atoms with E-state index >= 15 is 0 Å². The predicted octanol–water partition coefficient (Wildman–Crippen LogP) is 0.353. The highest BCUT2D eigenvalue weighted by Crippen LogP contribution is 2.23. The molecule has 120 valence electrons. The van der Waals surface area contributed by atoms with E-state index in [0.29, 0.717) is 12.8 Å². The van der Waals surface area contributed by atoms with Gasteiger partial charge in [-0.1, -0.05) is 0 Å². The highest BCUT2D eigenvalue weighted by molar-refractivity contribution is 7.89. The first kappa shape index (κ1) is 16.4. The average molecular weight is 328 g/mol. The van der Waals surface area contributed by atoms with Crippen molar-refractivity contribution < 1.29 is 27.9 Å². The summed E-state index contributed by atoms with van der Waals surface area (Å²) in [7, 11) is -2.62. The maximum absolute atomic E-state index is 12.5. The van der Waals surface area contributed by atoms with E-state index in [1.165, 1.54) is 19.2 Å². The zero-order chi connectivity index (χ0) is 16.3. The zero-order valence-corrected chi connectivity index (χ0v) is 12.7. The van der Waals surface area contributed by atoms with Crippen molar-refractivity contribution >= 4 is 22.0 Å². The van der Waals surface area contributed by atoms with Crippen LogP contribution in [0.3, 0.4) is 0 Å². The number of carbonyl (C=O) groups excluding carboxylic acids is 1. The third-order valence-electron chi connectivity index (χ3n) is 3.50. The van der Waals surface area contributed by atoms with Gasteiger partial charge in [0.2, 0.25) is 10.0 Å². The summed E-state index contributed by atoms with van der Waals surface area (Å²) in [4.78, 5) is 26.0. The molecule has 22 heavy (non-hydrogen) atoms. The normalized spacial score (nSPS) is 19.6. The Kier molecular flexibility index (Phi) is 4.77. The fourth-order valence-corrected chi connectivity index (χ4v) is 3.74. The molecule has 1 aliphatic heterocycles. The number of aromatic nitrogens is 1. The van der Waals surface area contributed by atoms with Crippen molar-refractivity contribution in [2.24, 2.45) is 5.92 Å². The number of carboxylic acids is 1. The molecule has 1 aliphatic rings. The number of hydrogen-bond donors (Lipinski definition) is 1. The van der Waals surface area contributed by atoms with Crippen molar-refractivity contribution in [3.8, 4) is 0 Å². The van der Waals surface area contributed by atoms with Gasteiger partial charge in [-0.15, -0.1) is 0 Å². The Morgan fingerprint density at radius 3 is 2.68 bits per heavy atom. The van der Waals surface area contributed by atoms with Crippen LogP contribution in [0, 0.1) is 5.92 Å². The van der Waals surface area contributed by atoms with Crippen molar-refractivity contribution in [1.82, 2.24) is 9.29 Å². The Hall–Kier alpha value is -2.00. The van der Waals surface area contributed by atoms with E-state index in [1.807, 2.05) is 0 Å². The fourth-order valence-electron chi connectivity index (χ4n) is 2.27. The minimum atomic E-state index is -3.82. The van der Waals surface area contributed by atoms with E-state index in [4.69, 9.17) is 5.11 Å². The largest absolute Gasteiger partial charge is 0.481 e. The monoisotopic (exact) mass is 328 g/mol. The number of hydrogen-bond acceptors (Lipinski definition) is 6. The van der Waals surface area contributed by atoms with Crippen LogP contribution in [0.15, 0.2) is 23.2 Å². The summed E-state index contributed by atoms with van der Waals surface area (Å²) in [6.07, 6.45) is 2.02. The first-order chi connectivity index (χ1) is 10.4. The lowest BCUT2D eigenvalue weighted by Gasteiger charge is -2.29. The van der Waals surface area contributed by atoms with Crippen LogP contribution in [0.2, 0.25) is 0 Å². The molecular formula is C13H16N2O6S. The van der Waals surface area contributed by atoms with Gasteiger partial charge in [0.25, 0.3) is 0 Å². The number of esters is 1. The number of pyridine rings is 1. The second-order valence-electron chi connectivity index (χ2n) is 4.91. The molecule has 1 aromatic rings. The lowest BCUT2D eigenvalue weighted by atomic mass is 10.0. The van der Waals surface area contributed by atoms with Gasteiger partial charge in [-0.05, 0) is 25.0 Å². The third kappa shape index (κ3) is 3.25.